The lowest BCUT2D eigenvalue weighted by molar-refractivity contribution is -0.384. The van der Waals surface area contributed by atoms with Crippen molar-refractivity contribution in [3.8, 4) is 5.75 Å². The molecule has 1 heterocycles. The van der Waals surface area contributed by atoms with E-state index in [1.165, 1.54) is 13.0 Å². The molecule has 1 aromatic heterocycles. The summed E-state index contributed by atoms with van der Waals surface area (Å²) in [4.78, 5) is 22.0. The first-order valence-corrected chi connectivity index (χ1v) is 8.45. The first-order chi connectivity index (χ1) is 13.0. The van der Waals surface area contributed by atoms with Crippen molar-refractivity contribution in [3.63, 3.8) is 0 Å². The number of aromatic nitrogens is 1. The average Bonchev–Trinajstić information content (AvgIpc) is 2.95. The van der Waals surface area contributed by atoms with E-state index >= 15 is 0 Å². The molecule has 0 unspecified atom stereocenters. The molecule has 0 spiro atoms. The van der Waals surface area contributed by atoms with Gasteiger partial charge < -0.3 is 9.30 Å². The van der Waals surface area contributed by atoms with Crippen LogP contribution in [0.3, 0.4) is 0 Å². The van der Waals surface area contributed by atoms with Crippen LogP contribution in [0.1, 0.15) is 12.5 Å². The number of esters is 1. The van der Waals surface area contributed by atoms with Crippen molar-refractivity contribution in [3.05, 3.63) is 82.4 Å². The van der Waals surface area contributed by atoms with Gasteiger partial charge in [-0.25, -0.2) is 0 Å². The molecule has 0 bridgehead atoms. The summed E-state index contributed by atoms with van der Waals surface area (Å²) < 4.78 is 7.31. The van der Waals surface area contributed by atoms with Crippen molar-refractivity contribution >= 4 is 33.5 Å². The largest absolute Gasteiger partial charge is 0.427 e. The maximum Gasteiger partial charge on any atom is 0.308 e. The van der Waals surface area contributed by atoms with Crippen LogP contribution in [0.5, 0.6) is 5.75 Å². The first-order valence-electron chi connectivity index (χ1n) is 8.45. The summed E-state index contributed by atoms with van der Waals surface area (Å²) in [5, 5.41) is 13.2. The van der Waals surface area contributed by atoms with Crippen LogP contribution in [0.2, 0.25) is 0 Å². The summed E-state index contributed by atoms with van der Waals surface area (Å²) in [5.74, 6) is 0.0915. The van der Waals surface area contributed by atoms with Gasteiger partial charge in [0.1, 0.15) is 5.75 Å². The molecule has 27 heavy (non-hydrogen) atoms. The van der Waals surface area contributed by atoms with E-state index in [0.717, 1.165) is 27.4 Å². The molecule has 0 radical (unpaired) electrons. The highest BCUT2D eigenvalue weighted by Gasteiger charge is 2.13. The van der Waals surface area contributed by atoms with E-state index in [0.29, 0.717) is 12.3 Å². The zero-order valence-corrected chi connectivity index (χ0v) is 14.6. The normalized spacial score (nSPS) is 11.0. The van der Waals surface area contributed by atoms with Crippen molar-refractivity contribution in [1.29, 1.82) is 0 Å². The Morgan fingerprint density at radius 1 is 1.00 bits per heavy atom. The second-order valence-electron chi connectivity index (χ2n) is 6.30. The Balaban J connectivity index is 1.89. The molecule has 4 rings (SSSR count). The second-order valence-corrected chi connectivity index (χ2v) is 6.30. The van der Waals surface area contributed by atoms with Crippen LogP contribution < -0.4 is 4.74 Å². The Kier molecular flexibility index (Phi) is 4.08. The smallest absolute Gasteiger partial charge is 0.308 e. The van der Waals surface area contributed by atoms with Crippen LogP contribution in [0.15, 0.2) is 66.7 Å². The molecular weight excluding hydrogens is 344 g/mol. The first kappa shape index (κ1) is 16.8. The number of nitro groups is 1. The molecular formula is C21H16N2O4. The fourth-order valence-electron chi connectivity index (χ4n) is 3.38. The SMILES string of the molecule is CC(=O)Oc1ccc2c3ccccc3n(Cc3cccc([N+](=O)[O-])c3)c2c1. The average molecular weight is 360 g/mol. The highest BCUT2D eigenvalue weighted by molar-refractivity contribution is 6.08. The van der Waals surface area contributed by atoms with Crippen LogP contribution in [0, 0.1) is 10.1 Å². The van der Waals surface area contributed by atoms with Crippen LogP contribution in [-0.4, -0.2) is 15.5 Å². The number of non-ortho nitro benzene ring substituents is 1. The molecule has 0 atom stereocenters. The zero-order valence-electron chi connectivity index (χ0n) is 14.6. The van der Waals surface area contributed by atoms with Crippen LogP contribution >= 0.6 is 0 Å². The predicted molar refractivity (Wildman–Crippen MR) is 103 cm³/mol. The molecule has 6 heteroatoms. The van der Waals surface area contributed by atoms with Crippen LogP contribution in [0.4, 0.5) is 5.69 Å². The van der Waals surface area contributed by atoms with Crippen molar-refractivity contribution in [2.24, 2.45) is 0 Å². The number of ether oxygens (including phenoxy) is 1. The number of benzene rings is 3. The maximum atomic E-state index is 11.3. The number of fused-ring (bicyclic) bond motifs is 3. The fraction of sp³-hybridized carbons (Fsp3) is 0.0952. The number of hydrogen-bond acceptors (Lipinski definition) is 4. The predicted octanol–water partition coefficient (Wildman–Crippen LogP) is 4.68. The van der Waals surface area contributed by atoms with Crippen molar-refractivity contribution in [2.75, 3.05) is 0 Å². The number of nitrogens with zero attached hydrogens (tertiary/aromatic N) is 2. The number of carbonyl (C=O) groups is 1. The molecule has 0 saturated heterocycles. The summed E-state index contributed by atoms with van der Waals surface area (Å²) in [6.45, 7) is 1.83. The van der Waals surface area contributed by atoms with Gasteiger partial charge in [0.05, 0.1) is 10.4 Å². The van der Waals surface area contributed by atoms with E-state index < -0.39 is 4.92 Å². The summed E-state index contributed by atoms with van der Waals surface area (Å²) in [7, 11) is 0. The zero-order chi connectivity index (χ0) is 19.0. The molecule has 3 aromatic carbocycles. The number of hydrogen-bond donors (Lipinski definition) is 0. The Morgan fingerprint density at radius 3 is 2.56 bits per heavy atom. The molecule has 0 fully saturated rings. The third-order valence-corrected chi connectivity index (χ3v) is 4.47. The minimum Gasteiger partial charge on any atom is -0.427 e. The Labute approximate surface area is 154 Å². The minimum atomic E-state index is -0.395. The molecule has 134 valence electrons. The lowest BCUT2D eigenvalue weighted by Gasteiger charge is -2.09. The van der Waals surface area contributed by atoms with E-state index in [2.05, 4.69) is 4.57 Å². The molecule has 0 aliphatic rings. The summed E-state index contributed by atoms with van der Waals surface area (Å²) >= 11 is 0. The van der Waals surface area contributed by atoms with Gasteiger partial charge in [0.25, 0.3) is 5.69 Å². The van der Waals surface area contributed by atoms with Gasteiger partial charge in [0.15, 0.2) is 0 Å². The number of nitro benzene ring substituents is 1. The second kappa shape index (κ2) is 6.57. The number of carbonyl (C=O) groups excluding carboxylic acids is 1. The number of rotatable bonds is 4. The van der Waals surface area contributed by atoms with E-state index in [1.54, 1.807) is 18.2 Å². The molecule has 0 N–H and O–H groups in total. The molecule has 4 aromatic rings. The van der Waals surface area contributed by atoms with E-state index in [1.807, 2.05) is 42.5 Å². The molecule has 6 nitrogen and oxygen atoms in total. The monoisotopic (exact) mass is 360 g/mol. The van der Waals surface area contributed by atoms with Gasteiger partial charge in [-0.1, -0.05) is 30.3 Å². The van der Waals surface area contributed by atoms with Gasteiger partial charge >= 0.3 is 5.97 Å². The minimum absolute atomic E-state index is 0.0638. The van der Waals surface area contributed by atoms with Crippen LogP contribution in [-0.2, 0) is 11.3 Å². The Morgan fingerprint density at radius 2 is 1.78 bits per heavy atom. The van der Waals surface area contributed by atoms with E-state index in [4.69, 9.17) is 4.74 Å². The third kappa shape index (κ3) is 3.13. The standard InChI is InChI=1S/C21H16N2O4/c1-14(24)27-17-9-10-19-18-7-2-3-8-20(18)22(21(19)12-17)13-15-5-4-6-16(11-15)23(25)26/h2-12H,13H2,1H3. The van der Waals surface area contributed by atoms with Crippen molar-refractivity contribution in [2.45, 2.75) is 13.5 Å². The summed E-state index contributed by atoms with van der Waals surface area (Å²) in [6.07, 6.45) is 0. The lowest BCUT2D eigenvalue weighted by Crippen LogP contribution is -2.02. The van der Waals surface area contributed by atoms with E-state index in [-0.39, 0.29) is 11.7 Å². The molecule has 0 aliphatic heterocycles. The van der Waals surface area contributed by atoms with Gasteiger partial charge in [-0.2, -0.15) is 0 Å². The van der Waals surface area contributed by atoms with Crippen molar-refractivity contribution in [1.82, 2.24) is 4.57 Å². The highest BCUT2D eigenvalue weighted by Crippen LogP contribution is 2.32. The Hall–Kier alpha value is -3.67. The van der Waals surface area contributed by atoms with Crippen molar-refractivity contribution < 1.29 is 14.5 Å². The maximum absolute atomic E-state index is 11.3. The topological polar surface area (TPSA) is 74.4 Å². The summed E-state index contributed by atoms with van der Waals surface area (Å²) in [6, 6.07) is 20.1. The Bertz CT molecular complexity index is 1190. The van der Waals surface area contributed by atoms with Gasteiger partial charge in [-0.05, 0) is 23.8 Å². The highest BCUT2D eigenvalue weighted by atomic mass is 16.6. The fourth-order valence-corrected chi connectivity index (χ4v) is 3.38. The van der Waals surface area contributed by atoms with Gasteiger partial charge in [-0.3, -0.25) is 14.9 Å². The number of para-hydroxylation sites is 1. The molecule has 0 amide bonds. The van der Waals surface area contributed by atoms with E-state index in [9.17, 15) is 14.9 Å². The quantitative estimate of drug-likeness (QED) is 0.229. The van der Waals surface area contributed by atoms with Gasteiger partial charge in [-0.15, -0.1) is 0 Å². The lowest BCUT2D eigenvalue weighted by atomic mass is 10.1. The van der Waals surface area contributed by atoms with Gasteiger partial charge in [0, 0.05) is 48.0 Å². The van der Waals surface area contributed by atoms with Crippen LogP contribution in [0.25, 0.3) is 21.8 Å². The third-order valence-electron chi connectivity index (χ3n) is 4.47. The molecule has 0 aliphatic carbocycles. The summed E-state index contributed by atoms with van der Waals surface area (Å²) in [5.41, 5.74) is 2.80. The van der Waals surface area contributed by atoms with Gasteiger partial charge in [0.2, 0.25) is 0 Å². The molecule has 0 saturated carbocycles.